The van der Waals surface area contributed by atoms with E-state index in [1.165, 1.54) is 5.56 Å². The van der Waals surface area contributed by atoms with Crippen LogP contribution < -0.4 is 4.74 Å². The van der Waals surface area contributed by atoms with Crippen LogP contribution in [0.15, 0.2) is 54.6 Å². The summed E-state index contributed by atoms with van der Waals surface area (Å²) in [4.78, 5) is 2.27. The van der Waals surface area contributed by atoms with E-state index in [1.807, 2.05) is 75.0 Å². The molecule has 3 aromatic rings. The van der Waals surface area contributed by atoms with E-state index in [1.54, 1.807) is 0 Å². The smallest absolute Gasteiger partial charge is 0.222 e. The number of hydrogen-bond donors (Lipinski definition) is 1. The third-order valence-corrected chi connectivity index (χ3v) is 5.55. The normalized spacial score (nSPS) is 13.0. The topological polar surface area (TPSA) is 59.8 Å². The fraction of sp³-hybridized carbons (Fsp3) is 0.483. The molecule has 3 rings (SSSR count). The molecule has 6 nitrogen and oxygen atoms in total. The molecule has 1 heterocycles. The zero-order valence-electron chi connectivity index (χ0n) is 22.3. The zero-order valence-corrected chi connectivity index (χ0v) is 22.3. The molecular formula is C29H41N3O3. The molecular weight excluding hydrogens is 438 g/mol. The van der Waals surface area contributed by atoms with Gasteiger partial charge in [0.1, 0.15) is 11.4 Å². The van der Waals surface area contributed by atoms with Crippen LogP contribution in [0.3, 0.4) is 0 Å². The quantitative estimate of drug-likeness (QED) is 0.375. The molecule has 35 heavy (non-hydrogen) atoms. The molecule has 0 spiro atoms. The van der Waals surface area contributed by atoms with Crippen molar-refractivity contribution in [3.8, 4) is 22.9 Å². The van der Waals surface area contributed by atoms with Crippen LogP contribution in [0.5, 0.6) is 11.6 Å². The molecule has 0 saturated heterocycles. The van der Waals surface area contributed by atoms with Gasteiger partial charge < -0.3 is 14.6 Å². The van der Waals surface area contributed by atoms with Crippen LogP contribution in [0, 0.1) is 12.8 Å². The fourth-order valence-electron chi connectivity index (χ4n) is 4.01. The van der Waals surface area contributed by atoms with E-state index in [9.17, 15) is 5.11 Å². The van der Waals surface area contributed by atoms with Gasteiger partial charge in [-0.1, -0.05) is 61.9 Å². The molecule has 0 aliphatic rings. The standard InChI is InChI=1S/C29H41N3O3/c1-21(2)17-32(18-24(33)20-34-29(4,5)6)19-26-27(23-11-9-8-10-12-23)30-31(7)28(26)35-25-15-13-22(3)14-16-25/h8-16,21,24,33H,17-20H2,1-7H3/t24-/m1/s1. The van der Waals surface area contributed by atoms with Gasteiger partial charge in [0, 0.05) is 32.2 Å². The Balaban J connectivity index is 1.94. The van der Waals surface area contributed by atoms with Crippen molar-refractivity contribution >= 4 is 0 Å². The van der Waals surface area contributed by atoms with Crippen molar-refractivity contribution < 1.29 is 14.6 Å². The highest BCUT2D eigenvalue weighted by atomic mass is 16.5. The van der Waals surface area contributed by atoms with Crippen molar-refractivity contribution in [3.63, 3.8) is 0 Å². The number of aryl methyl sites for hydroxylation is 2. The largest absolute Gasteiger partial charge is 0.439 e. The van der Waals surface area contributed by atoms with Gasteiger partial charge in [-0.3, -0.25) is 4.90 Å². The molecule has 0 amide bonds. The van der Waals surface area contributed by atoms with Crippen LogP contribution in [-0.2, 0) is 18.3 Å². The van der Waals surface area contributed by atoms with E-state index < -0.39 is 6.10 Å². The van der Waals surface area contributed by atoms with Crippen molar-refractivity contribution in [1.82, 2.24) is 14.7 Å². The number of aromatic nitrogens is 2. The Labute approximate surface area is 210 Å². The molecule has 6 heteroatoms. The molecule has 0 aliphatic carbocycles. The Morgan fingerprint density at radius 1 is 1.00 bits per heavy atom. The molecule has 0 aliphatic heterocycles. The first-order chi connectivity index (χ1) is 16.5. The monoisotopic (exact) mass is 479 g/mol. The van der Waals surface area contributed by atoms with E-state index in [0.717, 1.165) is 29.1 Å². The molecule has 190 valence electrons. The highest BCUT2D eigenvalue weighted by molar-refractivity contribution is 5.65. The third-order valence-electron chi connectivity index (χ3n) is 5.55. The minimum Gasteiger partial charge on any atom is -0.439 e. The highest BCUT2D eigenvalue weighted by Gasteiger charge is 2.24. The summed E-state index contributed by atoms with van der Waals surface area (Å²) < 4.78 is 14.0. The predicted octanol–water partition coefficient (Wildman–Crippen LogP) is 5.82. The predicted molar refractivity (Wildman–Crippen MR) is 142 cm³/mol. The van der Waals surface area contributed by atoms with Crippen molar-refractivity contribution in [1.29, 1.82) is 0 Å². The summed E-state index contributed by atoms with van der Waals surface area (Å²) in [6, 6.07) is 18.2. The maximum absolute atomic E-state index is 10.8. The van der Waals surface area contributed by atoms with Gasteiger partial charge in [0.2, 0.25) is 5.88 Å². The number of nitrogens with zero attached hydrogens (tertiary/aromatic N) is 3. The first kappa shape index (κ1) is 26.9. The number of rotatable bonds is 11. The van der Waals surface area contributed by atoms with Crippen molar-refractivity contribution in [2.24, 2.45) is 13.0 Å². The summed E-state index contributed by atoms with van der Waals surface area (Å²) in [6.07, 6.45) is -0.591. The minimum absolute atomic E-state index is 0.289. The van der Waals surface area contributed by atoms with Gasteiger partial charge in [0.05, 0.1) is 23.9 Å². The number of hydrogen-bond acceptors (Lipinski definition) is 5. The van der Waals surface area contributed by atoms with Crippen molar-refractivity contribution in [2.75, 3.05) is 19.7 Å². The molecule has 0 bridgehead atoms. The lowest BCUT2D eigenvalue weighted by Gasteiger charge is -2.28. The van der Waals surface area contributed by atoms with E-state index in [0.29, 0.717) is 31.5 Å². The Morgan fingerprint density at radius 2 is 1.66 bits per heavy atom. The molecule has 0 unspecified atom stereocenters. The van der Waals surface area contributed by atoms with E-state index >= 15 is 0 Å². The maximum atomic E-state index is 10.8. The van der Waals surface area contributed by atoms with Crippen LogP contribution in [-0.4, -0.2) is 51.2 Å². The van der Waals surface area contributed by atoms with E-state index in [4.69, 9.17) is 14.6 Å². The third kappa shape index (κ3) is 8.20. The van der Waals surface area contributed by atoms with Crippen molar-refractivity contribution in [2.45, 2.75) is 59.8 Å². The lowest BCUT2D eigenvalue weighted by molar-refractivity contribution is -0.0573. The summed E-state index contributed by atoms with van der Waals surface area (Å²) >= 11 is 0. The second kappa shape index (κ2) is 11.8. The molecule has 1 aromatic heterocycles. The second-order valence-corrected chi connectivity index (χ2v) is 10.7. The summed E-state index contributed by atoms with van der Waals surface area (Å²) in [5, 5.41) is 15.6. The average molecular weight is 480 g/mol. The van der Waals surface area contributed by atoms with Crippen LogP contribution in [0.2, 0.25) is 0 Å². The van der Waals surface area contributed by atoms with Gasteiger partial charge in [-0.2, -0.15) is 5.10 Å². The fourth-order valence-corrected chi connectivity index (χ4v) is 4.01. The van der Waals surface area contributed by atoms with E-state index in [-0.39, 0.29) is 5.60 Å². The summed E-state index contributed by atoms with van der Waals surface area (Å²) in [7, 11) is 1.91. The second-order valence-electron chi connectivity index (χ2n) is 10.7. The lowest BCUT2D eigenvalue weighted by Crippen LogP contribution is -2.38. The van der Waals surface area contributed by atoms with Gasteiger partial charge in [-0.05, 0) is 45.7 Å². The molecule has 1 atom stereocenters. The minimum atomic E-state index is -0.591. The van der Waals surface area contributed by atoms with Crippen LogP contribution in [0.25, 0.3) is 11.3 Å². The van der Waals surface area contributed by atoms with Gasteiger partial charge in [-0.25, -0.2) is 4.68 Å². The number of ether oxygens (including phenoxy) is 2. The highest BCUT2D eigenvalue weighted by Crippen LogP contribution is 2.34. The molecule has 0 saturated carbocycles. The average Bonchev–Trinajstić information content (AvgIpc) is 3.08. The number of aliphatic hydroxyl groups excluding tert-OH is 1. The van der Waals surface area contributed by atoms with Crippen molar-refractivity contribution in [3.05, 3.63) is 65.7 Å². The van der Waals surface area contributed by atoms with Crippen LogP contribution in [0.1, 0.15) is 45.7 Å². The molecule has 0 fully saturated rings. The Kier molecular flexibility index (Phi) is 9.11. The molecule has 0 radical (unpaired) electrons. The summed E-state index contributed by atoms with van der Waals surface area (Å²) in [5.74, 6) is 1.92. The number of benzene rings is 2. The number of aliphatic hydroxyl groups is 1. The van der Waals surface area contributed by atoms with Crippen LogP contribution >= 0.6 is 0 Å². The molecule has 2 aromatic carbocycles. The molecule has 1 N–H and O–H groups in total. The van der Waals surface area contributed by atoms with Crippen LogP contribution in [0.4, 0.5) is 0 Å². The van der Waals surface area contributed by atoms with Gasteiger partial charge in [-0.15, -0.1) is 0 Å². The maximum Gasteiger partial charge on any atom is 0.222 e. The zero-order chi connectivity index (χ0) is 25.6. The SMILES string of the molecule is Cc1ccc(Oc2c(CN(CC(C)C)C[C@@H](O)COC(C)(C)C)c(-c3ccccc3)nn2C)cc1. The Bertz CT molecular complexity index is 1050. The summed E-state index contributed by atoms with van der Waals surface area (Å²) in [5.41, 5.74) is 3.83. The Morgan fingerprint density at radius 3 is 2.26 bits per heavy atom. The van der Waals surface area contributed by atoms with Gasteiger partial charge >= 0.3 is 0 Å². The van der Waals surface area contributed by atoms with E-state index in [2.05, 4.69) is 37.8 Å². The lowest BCUT2D eigenvalue weighted by atomic mass is 10.1. The Hall–Kier alpha value is -2.67. The van der Waals surface area contributed by atoms with Gasteiger partial charge in [0.15, 0.2) is 0 Å². The first-order valence-electron chi connectivity index (χ1n) is 12.4. The first-order valence-corrected chi connectivity index (χ1v) is 12.4. The van der Waals surface area contributed by atoms with Gasteiger partial charge in [0.25, 0.3) is 0 Å². The summed E-state index contributed by atoms with van der Waals surface area (Å²) in [6.45, 7) is 14.7.